The highest BCUT2D eigenvalue weighted by atomic mass is 79.9. The molecule has 3 fully saturated rings. The second kappa shape index (κ2) is 8.03. The zero-order valence-electron chi connectivity index (χ0n) is 16.8. The minimum atomic E-state index is 0.245. The molecule has 3 rings (SSSR count). The zero-order valence-corrected chi connectivity index (χ0v) is 18.4. The first-order valence-electron chi connectivity index (χ1n) is 11.0. The van der Waals surface area contributed by atoms with Crippen LogP contribution in [0.2, 0.25) is 0 Å². The Morgan fingerprint density at radius 3 is 2.12 bits per heavy atom. The molecule has 0 aromatic heterocycles. The van der Waals surface area contributed by atoms with E-state index >= 15 is 0 Å². The summed E-state index contributed by atoms with van der Waals surface area (Å²) >= 11 is 3.47. The number of halogens is 1. The van der Waals surface area contributed by atoms with Crippen LogP contribution >= 0.6 is 15.9 Å². The normalized spacial score (nSPS) is 45.9. The highest BCUT2D eigenvalue weighted by molar-refractivity contribution is 9.09. The lowest BCUT2D eigenvalue weighted by Crippen LogP contribution is -2.45. The summed E-state index contributed by atoms with van der Waals surface area (Å²) in [6, 6.07) is 0. The van der Waals surface area contributed by atoms with E-state index in [9.17, 15) is 4.79 Å². The molecule has 3 saturated carbocycles. The van der Waals surface area contributed by atoms with Crippen LogP contribution in [0, 0.1) is 34.5 Å². The van der Waals surface area contributed by atoms with E-state index < -0.39 is 0 Å². The van der Waals surface area contributed by atoms with Crippen molar-refractivity contribution in [3.8, 4) is 0 Å². The lowest BCUT2D eigenvalue weighted by atomic mass is 9.53. The molecule has 0 aliphatic heterocycles. The van der Waals surface area contributed by atoms with Gasteiger partial charge in [0.2, 0.25) is 0 Å². The van der Waals surface area contributed by atoms with Crippen LogP contribution in [0.25, 0.3) is 0 Å². The number of alkyl halides is 1. The predicted octanol–water partition coefficient (Wildman–Crippen LogP) is 7.17. The molecule has 25 heavy (non-hydrogen) atoms. The number of fused-ring (bicyclic) bond motifs is 2. The summed E-state index contributed by atoms with van der Waals surface area (Å²) in [4.78, 5) is 12.7. The van der Waals surface area contributed by atoms with Gasteiger partial charge in [-0.15, -0.1) is 0 Å². The number of hydrogen-bond acceptors (Lipinski definition) is 1. The van der Waals surface area contributed by atoms with E-state index in [1.165, 1.54) is 70.6 Å². The highest BCUT2D eigenvalue weighted by Crippen LogP contribution is 2.56. The Balaban J connectivity index is 1.84. The largest absolute Gasteiger partial charge is 0.298 e. The molecule has 0 aromatic carbocycles. The molecule has 0 spiro atoms. The molecule has 0 saturated heterocycles. The number of ketones is 1. The quantitative estimate of drug-likeness (QED) is 0.440. The second-order valence-electron chi connectivity index (χ2n) is 10.1. The fraction of sp³-hybridized carbons (Fsp3) is 0.957. The summed E-state index contributed by atoms with van der Waals surface area (Å²) in [5, 5.41) is 0.551. The number of Topliss-reactive ketones (excluding diaryl/α,β-unsaturated/α-hetero) is 1. The predicted molar refractivity (Wildman–Crippen MR) is 110 cm³/mol. The van der Waals surface area contributed by atoms with Crippen molar-refractivity contribution in [1.82, 2.24) is 0 Å². The van der Waals surface area contributed by atoms with Crippen molar-refractivity contribution in [1.29, 1.82) is 0 Å². The minimum Gasteiger partial charge on any atom is -0.298 e. The third-order valence-corrected chi connectivity index (χ3v) is 9.64. The third-order valence-electron chi connectivity index (χ3n) is 9.09. The van der Waals surface area contributed by atoms with Crippen LogP contribution in [-0.4, -0.2) is 11.1 Å². The summed E-state index contributed by atoms with van der Waals surface area (Å²) in [6.45, 7) is 7.62. The van der Waals surface area contributed by atoms with Crippen molar-refractivity contribution < 1.29 is 4.79 Å². The molecule has 3 aliphatic rings. The molecule has 6 atom stereocenters. The van der Waals surface area contributed by atoms with Gasteiger partial charge in [0.15, 0.2) is 0 Å². The average molecular weight is 411 g/mol. The molecule has 3 aliphatic carbocycles. The van der Waals surface area contributed by atoms with Crippen molar-refractivity contribution >= 4 is 21.7 Å². The molecule has 144 valence electrons. The van der Waals surface area contributed by atoms with Gasteiger partial charge in [0.05, 0.1) is 5.33 Å². The van der Waals surface area contributed by atoms with Crippen LogP contribution < -0.4 is 0 Å². The molecule has 0 N–H and O–H groups in total. The third kappa shape index (κ3) is 3.76. The van der Waals surface area contributed by atoms with E-state index in [0.29, 0.717) is 22.4 Å². The first-order valence-corrected chi connectivity index (χ1v) is 12.1. The van der Waals surface area contributed by atoms with Crippen molar-refractivity contribution in [3.05, 3.63) is 0 Å². The molecule has 1 nitrogen and oxygen atoms in total. The van der Waals surface area contributed by atoms with E-state index in [4.69, 9.17) is 0 Å². The van der Waals surface area contributed by atoms with Gasteiger partial charge in [0, 0.05) is 5.92 Å². The lowest BCUT2D eigenvalue weighted by Gasteiger charge is -2.52. The van der Waals surface area contributed by atoms with Gasteiger partial charge in [0.1, 0.15) is 5.78 Å². The molecular formula is C23H39BrO. The van der Waals surface area contributed by atoms with Gasteiger partial charge in [0.25, 0.3) is 0 Å². The molecule has 0 heterocycles. The van der Waals surface area contributed by atoms with E-state index in [2.05, 4.69) is 36.7 Å². The highest BCUT2D eigenvalue weighted by Gasteiger charge is 2.48. The van der Waals surface area contributed by atoms with Crippen molar-refractivity contribution in [2.24, 2.45) is 34.5 Å². The Kier molecular flexibility index (Phi) is 6.39. The summed E-state index contributed by atoms with van der Waals surface area (Å²) in [5.74, 6) is 3.29. The summed E-state index contributed by atoms with van der Waals surface area (Å²) in [5.41, 5.74) is 0.792. The maximum absolute atomic E-state index is 12.7. The van der Waals surface area contributed by atoms with Crippen LogP contribution in [-0.2, 0) is 4.79 Å². The fourth-order valence-corrected chi connectivity index (χ4v) is 7.40. The SMILES string of the molecule is C[C@@H]1CC[C@@]2(C)[C@H](CCC[C@H]3CCCC[C@@]31C)CCC[C@@H]2C(=O)CBr. The van der Waals surface area contributed by atoms with Crippen molar-refractivity contribution in [2.75, 3.05) is 5.33 Å². The molecular weight excluding hydrogens is 372 g/mol. The van der Waals surface area contributed by atoms with E-state index in [0.717, 1.165) is 24.2 Å². The number of hydrogen-bond donors (Lipinski definition) is 0. The van der Waals surface area contributed by atoms with Crippen LogP contribution in [0.3, 0.4) is 0 Å². The van der Waals surface area contributed by atoms with Gasteiger partial charge in [-0.3, -0.25) is 4.79 Å². The van der Waals surface area contributed by atoms with Crippen molar-refractivity contribution in [2.45, 2.75) is 97.8 Å². The van der Waals surface area contributed by atoms with Crippen molar-refractivity contribution in [3.63, 3.8) is 0 Å². The number of carbonyl (C=O) groups is 1. The molecule has 0 aromatic rings. The monoisotopic (exact) mass is 410 g/mol. The van der Waals surface area contributed by atoms with Gasteiger partial charge in [-0.2, -0.15) is 0 Å². The first-order chi connectivity index (χ1) is 11.9. The van der Waals surface area contributed by atoms with E-state index in [1.807, 2.05) is 0 Å². The smallest absolute Gasteiger partial charge is 0.147 e. The number of carbonyl (C=O) groups excluding carboxylic acids is 1. The molecule has 0 bridgehead atoms. The number of rotatable bonds is 2. The Morgan fingerprint density at radius 1 is 0.840 bits per heavy atom. The van der Waals surface area contributed by atoms with Gasteiger partial charge in [-0.25, -0.2) is 0 Å². The summed E-state index contributed by atoms with van der Waals surface area (Å²) < 4.78 is 0. The zero-order chi connectivity index (χ0) is 18.1. The average Bonchev–Trinajstić information content (AvgIpc) is 2.61. The van der Waals surface area contributed by atoms with E-state index in [1.54, 1.807) is 0 Å². The van der Waals surface area contributed by atoms with E-state index in [-0.39, 0.29) is 5.41 Å². The maximum atomic E-state index is 12.7. The lowest BCUT2D eigenvalue weighted by molar-refractivity contribution is -0.129. The topological polar surface area (TPSA) is 17.1 Å². The van der Waals surface area contributed by atoms with Gasteiger partial charge < -0.3 is 0 Å². The molecule has 0 amide bonds. The maximum Gasteiger partial charge on any atom is 0.147 e. The molecule has 0 radical (unpaired) electrons. The molecule has 2 heteroatoms. The minimum absolute atomic E-state index is 0.245. The summed E-state index contributed by atoms with van der Waals surface area (Å²) in [6.07, 6.45) is 16.3. The standard InChI is InChI=1S/C23H39BrO/c1-17-13-15-23(3)19(11-7-12-20(23)21(25)16-24)10-6-9-18-8-4-5-14-22(17,18)2/h17-20H,4-16H2,1-3H3/t17-,18-,19-,20-,22-,23+/m1/s1. The Labute approximate surface area is 164 Å². The van der Waals surface area contributed by atoms with Gasteiger partial charge in [-0.1, -0.05) is 62.4 Å². The van der Waals surface area contributed by atoms with Gasteiger partial charge in [-0.05, 0) is 80.0 Å². The van der Waals surface area contributed by atoms with Crippen LogP contribution in [0.5, 0.6) is 0 Å². The Hall–Kier alpha value is 0.150. The second-order valence-corrected chi connectivity index (χ2v) is 10.7. The fourth-order valence-electron chi connectivity index (χ4n) is 7.01. The van der Waals surface area contributed by atoms with Crippen LogP contribution in [0.1, 0.15) is 97.8 Å². The molecule has 0 unspecified atom stereocenters. The Morgan fingerprint density at radius 2 is 1.44 bits per heavy atom. The first kappa shape index (κ1) is 19.9. The van der Waals surface area contributed by atoms with Crippen LogP contribution in [0.4, 0.5) is 0 Å². The van der Waals surface area contributed by atoms with Gasteiger partial charge >= 0.3 is 0 Å². The van der Waals surface area contributed by atoms with Crippen LogP contribution in [0.15, 0.2) is 0 Å². The summed E-state index contributed by atoms with van der Waals surface area (Å²) in [7, 11) is 0. The Bertz CT molecular complexity index is 475.